The SMILES string of the molecule is COc1cccc(N(C)c2c(F)cc(N)cc2F)c1. The summed E-state index contributed by atoms with van der Waals surface area (Å²) < 4.78 is 32.8. The Bertz CT molecular complexity index is 579. The van der Waals surface area contributed by atoms with E-state index in [-0.39, 0.29) is 11.4 Å². The lowest BCUT2D eigenvalue weighted by atomic mass is 10.2. The molecule has 3 nitrogen and oxygen atoms in total. The molecular weight excluding hydrogens is 250 g/mol. The first kappa shape index (κ1) is 13.1. The van der Waals surface area contributed by atoms with Crippen LogP contribution in [0, 0.1) is 11.6 Å². The van der Waals surface area contributed by atoms with Crippen LogP contribution in [0.2, 0.25) is 0 Å². The minimum absolute atomic E-state index is 0.0535. The highest BCUT2D eigenvalue weighted by atomic mass is 19.1. The molecule has 0 fully saturated rings. The molecule has 0 unspecified atom stereocenters. The largest absolute Gasteiger partial charge is 0.497 e. The first-order valence-corrected chi connectivity index (χ1v) is 5.65. The molecule has 2 N–H and O–H groups in total. The minimum Gasteiger partial charge on any atom is -0.497 e. The number of nitrogens with zero attached hydrogens (tertiary/aromatic N) is 1. The standard InChI is InChI=1S/C14H14F2N2O/c1-18(10-4-3-5-11(8-10)19-2)14-12(15)6-9(17)7-13(14)16/h3-8H,17H2,1-2H3. The Morgan fingerprint density at radius 1 is 1.11 bits per heavy atom. The van der Waals surface area contributed by atoms with Crippen LogP contribution >= 0.6 is 0 Å². The Labute approximate surface area is 110 Å². The number of methoxy groups -OCH3 is 1. The fourth-order valence-corrected chi connectivity index (χ4v) is 1.85. The topological polar surface area (TPSA) is 38.5 Å². The second-order valence-corrected chi connectivity index (χ2v) is 4.09. The van der Waals surface area contributed by atoms with E-state index in [0.717, 1.165) is 12.1 Å². The van der Waals surface area contributed by atoms with Crippen molar-refractivity contribution in [2.24, 2.45) is 0 Å². The van der Waals surface area contributed by atoms with Crippen molar-refractivity contribution in [3.8, 4) is 5.75 Å². The highest BCUT2D eigenvalue weighted by Gasteiger charge is 2.16. The Balaban J connectivity index is 2.46. The molecule has 0 aromatic heterocycles. The van der Waals surface area contributed by atoms with Crippen molar-refractivity contribution in [3.63, 3.8) is 0 Å². The second kappa shape index (κ2) is 5.14. The van der Waals surface area contributed by atoms with E-state index < -0.39 is 11.6 Å². The van der Waals surface area contributed by atoms with Crippen LogP contribution in [0.1, 0.15) is 0 Å². The molecule has 0 radical (unpaired) electrons. The van der Waals surface area contributed by atoms with E-state index in [1.807, 2.05) is 0 Å². The number of nitrogens with two attached hydrogens (primary N) is 1. The van der Waals surface area contributed by atoms with Gasteiger partial charge in [0, 0.05) is 24.5 Å². The quantitative estimate of drug-likeness (QED) is 0.864. The molecule has 0 aliphatic rings. The second-order valence-electron chi connectivity index (χ2n) is 4.09. The van der Waals surface area contributed by atoms with Gasteiger partial charge in [0.25, 0.3) is 0 Å². The lowest BCUT2D eigenvalue weighted by molar-refractivity contribution is 0.415. The van der Waals surface area contributed by atoms with Crippen LogP contribution in [0.4, 0.5) is 25.8 Å². The fourth-order valence-electron chi connectivity index (χ4n) is 1.85. The van der Waals surface area contributed by atoms with Crippen LogP contribution in [-0.2, 0) is 0 Å². The van der Waals surface area contributed by atoms with Crippen LogP contribution < -0.4 is 15.4 Å². The van der Waals surface area contributed by atoms with Gasteiger partial charge in [0.1, 0.15) is 11.4 Å². The van der Waals surface area contributed by atoms with Gasteiger partial charge in [-0.2, -0.15) is 0 Å². The summed E-state index contributed by atoms with van der Waals surface area (Å²) in [5.41, 5.74) is 5.91. The number of anilines is 3. The molecule has 0 amide bonds. The summed E-state index contributed by atoms with van der Waals surface area (Å²) >= 11 is 0. The molecule has 100 valence electrons. The summed E-state index contributed by atoms with van der Waals surface area (Å²) in [6, 6.07) is 9.11. The Morgan fingerprint density at radius 3 is 2.32 bits per heavy atom. The van der Waals surface area contributed by atoms with E-state index in [9.17, 15) is 8.78 Å². The number of halogens is 2. The average Bonchev–Trinajstić information content (AvgIpc) is 2.37. The number of benzene rings is 2. The maximum Gasteiger partial charge on any atom is 0.151 e. The van der Waals surface area contributed by atoms with Crippen LogP contribution in [0.3, 0.4) is 0 Å². The van der Waals surface area contributed by atoms with Crippen molar-refractivity contribution in [3.05, 3.63) is 48.0 Å². The van der Waals surface area contributed by atoms with Crippen LogP contribution in [0.5, 0.6) is 5.75 Å². The normalized spacial score (nSPS) is 10.3. The molecule has 0 bridgehead atoms. The van der Waals surface area contributed by atoms with Gasteiger partial charge in [-0.3, -0.25) is 0 Å². The van der Waals surface area contributed by atoms with Gasteiger partial charge in [-0.1, -0.05) is 6.07 Å². The van der Waals surface area contributed by atoms with Gasteiger partial charge < -0.3 is 15.4 Å². The molecule has 5 heteroatoms. The molecule has 0 aliphatic heterocycles. The molecule has 2 aromatic carbocycles. The van der Waals surface area contributed by atoms with E-state index in [0.29, 0.717) is 11.4 Å². The summed E-state index contributed by atoms with van der Waals surface area (Å²) in [5, 5.41) is 0. The third-order valence-corrected chi connectivity index (χ3v) is 2.82. The highest BCUT2D eigenvalue weighted by Crippen LogP contribution is 2.32. The zero-order chi connectivity index (χ0) is 14.0. The first-order valence-electron chi connectivity index (χ1n) is 5.65. The van der Waals surface area contributed by atoms with E-state index in [1.54, 1.807) is 31.3 Å². The van der Waals surface area contributed by atoms with Crippen LogP contribution in [-0.4, -0.2) is 14.2 Å². The molecular formula is C14H14F2N2O. The minimum atomic E-state index is -0.706. The summed E-state index contributed by atoms with van der Waals surface area (Å²) in [6.07, 6.45) is 0. The van der Waals surface area contributed by atoms with Gasteiger partial charge in [-0.05, 0) is 24.3 Å². The van der Waals surface area contributed by atoms with Crippen molar-refractivity contribution in [2.75, 3.05) is 24.8 Å². The van der Waals surface area contributed by atoms with Gasteiger partial charge in [-0.25, -0.2) is 8.78 Å². The van der Waals surface area contributed by atoms with E-state index in [1.165, 1.54) is 12.0 Å². The molecule has 19 heavy (non-hydrogen) atoms. The van der Waals surface area contributed by atoms with Crippen molar-refractivity contribution in [1.29, 1.82) is 0 Å². The van der Waals surface area contributed by atoms with Crippen LogP contribution in [0.15, 0.2) is 36.4 Å². The van der Waals surface area contributed by atoms with Gasteiger partial charge in [0.05, 0.1) is 7.11 Å². The highest BCUT2D eigenvalue weighted by molar-refractivity contribution is 5.66. The summed E-state index contributed by atoms with van der Waals surface area (Å²) in [7, 11) is 3.11. The zero-order valence-electron chi connectivity index (χ0n) is 10.7. The van der Waals surface area contributed by atoms with Gasteiger partial charge in [-0.15, -0.1) is 0 Å². The predicted octanol–water partition coefficient (Wildman–Crippen LogP) is 3.32. The Kier molecular flexibility index (Phi) is 3.55. The number of hydrogen-bond donors (Lipinski definition) is 1. The van der Waals surface area contributed by atoms with Gasteiger partial charge >= 0.3 is 0 Å². The lowest BCUT2D eigenvalue weighted by Gasteiger charge is -2.21. The summed E-state index contributed by atoms with van der Waals surface area (Å²) in [5.74, 6) is -0.800. The average molecular weight is 264 g/mol. The predicted molar refractivity (Wildman–Crippen MR) is 71.8 cm³/mol. The number of nitrogen functional groups attached to an aromatic ring is 1. The number of ether oxygens (including phenoxy) is 1. The lowest BCUT2D eigenvalue weighted by Crippen LogP contribution is -2.13. The van der Waals surface area contributed by atoms with Gasteiger partial charge in [0.2, 0.25) is 0 Å². The molecule has 0 saturated carbocycles. The van der Waals surface area contributed by atoms with E-state index >= 15 is 0 Å². The maximum absolute atomic E-state index is 13.8. The molecule has 0 heterocycles. The molecule has 0 saturated heterocycles. The van der Waals surface area contributed by atoms with E-state index in [4.69, 9.17) is 10.5 Å². The first-order chi connectivity index (χ1) is 9.02. The third-order valence-electron chi connectivity index (χ3n) is 2.82. The monoisotopic (exact) mass is 264 g/mol. The molecule has 2 aromatic rings. The van der Waals surface area contributed by atoms with Crippen molar-refractivity contribution in [2.45, 2.75) is 0 Å². The number of rotatable bonds is 3. The van der Waals surface area contributed by atoms with Crippen LogP contribution in [0.25, 0.3) is 0 Å². The molecule has 0 aliphatic carbocycles. The van der Waals surface area contributed by atoms with Crippen molar-refractivity contribution >= 4 is 17.1 Å². The fraction of sp³-hybridized carbons (Fsp3) is 0.143. The third kappa shape index (κ3) is 2.59. The zero-order valence-corrected chi connectivity index (χ0v) is 10.7. The summed E-state index contributed by atoms with van der Waals surface area (Å²) in [4.78, 5) is 1.41. The maximum atomic E-state index is 13.8. The molecule has 2 rings (SSSR count). The van der Waals surface area contributed by atoms with Crippen molar-refractivity contribution in [1.82, 2.24) is 0 Å². The Hall–Kier alpha value is -2.30. The Morgan fingerprint density at radius 2 is 1.74 bits per heavy atom. The van der Waals surface area contributed by atoms with Crippen molar-refractivity contribution < 1.29 is 13.5 Å². The number of hydrogen-bond acceptors (Lipinski definition) is 3. The van der Waals surface area contributed by atoms with E-state index in [2.05, 4.69) is 0 Å². The molecule has 0 spiro atoms. The molecule has 0 atom stereocenters. The van der Waals surface area contributed by atoms with Gasteiger partial charge in [0.15, 0.2) is 11.6 Å². The summed E-state index contributed by atoms with van der Waals surface area (Å²) in [6.45, 7) is 0. The smallest absolute Gasteiger partial charge is 0.151 e.